The van der Waals surface area contributed by atoms with Crippen LogP contribution in [0, 0.1) is 6.92 Å². The van der Waals surface area contributed by atoms with Gasteiger partial charge in [0.25, 0.3) is 0 Å². The Morgan fingerprint density at radius 2 is 1.24 bits per heavy atom. The van der Waals surface area contributed by atoms with Crippen LogP contribution >= 0.6 is 15.9 Å². The lowest BCUT2D eigenvalue weighted by Crippen LogP contribution is -2.04. The van der Waals surface area contributed by atoms with Gasteiger partial charge in [-0.05, 0) is 64.8 Å². The Morgan fingerprint density at radius 1 is 0.706 bits per heavy atom. The summed E-state index contributed by atoms with van der Waals surface area (Å²) in [5.41, 5.74) is 5.98. The summed E-state index contributed by atoms with van der Waals surface area (Å²) in [5, 5.41) is 5.00. The van der Waals surface area contributed by atoms with Gasteiger partial charge in [0, 0.05) is 11.1 Å². The van der Waals surface area contributed by atoms with E-state index in [0.717, 1.165) is 32.6 Å². The highest BCUT2D eigenvalue weighted by atomic mass is 79.9. The van der Waals surface area contributed by atoms with Gasteiger partial charge in [-0.1, -0.05) is 29.8 Å². The van der Waals surface area contributed by atoms with E-state index in [2.05, 4.69) is 47.1 Å². The van der Waals surface area contributed by atoms with Crippen molar-refractivity contribution in [2.24, 2.45) is 0 Å². The van der Waals surface area contributed by atoms with Crippen molar-refractivity contribution in [2.45, 2.75) is 13.5 Å². The first-order valence-electron chi connectivity index (χ1n) is 10.8. The summed E-state index contributed by atoms with van der Waals surface area (Å²) >= 11 is 3.84. The lowest BCUT2D eigenvalue weighted by Gasteiger charge is -2.12. The highest BCUT2D eigenvalue weighted by Crippen LogP contribution is 2.41. The van der Waals surface area contributed by atoms with E-state index in [1.165, 1.54) is 5.56 Å². The molecule has 4 aromatic rings. The molecule has 176 valence electrons. The van der Waals surface area contributed by atoms with Crippen LogP contribution in [0.4, 0.5) is 0 Å². The van der Waals surface area contributed by atoms with Crippen molar-refractivity contribution in [1.82, 2.24) is 9.78 Å². The molecule has 0 saturated heterocycles. The monoisotopic (exact) mass is 522 g/mol. The molecule has 0 unspecified atom stereocenters. The Bertz CT molecular complexity index is 1300. The van der Waals surface area contributed by atoms with Crippen molar-refractivity contribution < 1.29 is 18.9 Å². The quantitative estimate of drug-likeness (QED) is 0.269. The first-order valence-corrected chi connectivity index (χ1v) is 11.5. The Kier molecular flexibility index (Phi) is 7.12. The van der Waals surface area contributed by atoms with E-state index in [1.54, 1.807) is 28.4 Å². The number of hydrogen-bond acceptors (Lipinski definition) is 5. The van der Waals surface area contributed by atoms with Crippen LogP contribution in [-0.2, 0) is 6.54 Å². The minimum Gasteiger partial charge on any atom is -0.493 e. The lowest BCUT2D eigenvalue weighted by atomic mass is 10.1. The summed E-state index contributed by atoms with van der Waals surface area (Å²) in [4.78, 5) is 0. The molecular formula is C27H27BrN2O4. The fourth-order valence-electron chi connectivity index (χ4n) is 3.85. The van der Waals surface area contributed by atoms with Crippen molar-refractivity contribution in [1.29, 1.82) is 0 Å². The number of nitrogens with zero attached hydrogens (tertiary/aromatic N) is 2. The first-order chi connectivity index (χ1) is 16.5. The summed E-state index contributed by atoms with van der Waals surface area (Å²) in [5.74, 6) is 2.64. The van der Waals surface area contributed by atoms with Crippen LogP contribution in [0.15, 0.2) is 65.1 Å². The number of hydrogen-bond donors (Lipinski definition) is 0. The molecule has 0 N–H and O–H groups in total. The van der Waals surface area contributed by atoms with E-state index in [-0.39, 0.29) is 0 Å². The third kappa shape index (κ3) is 4.61. The van der Waals surface area contributed by atoms with Crippen molar-refractivity contribution >= 4 is 15.9 Å². The summed E-state index contributed by atoms with van der Waals surface area (Å²) in [7, 11) is 6.51. The summed E-state index contributed by atoms with van der Waals surface area (Å²) in [6, 6.07) is 20.1. The summed E-state index contributed by atoms with van der Waals surface area (Å²) in [6.07, 6.45) is 0. The minimum atomic E-state index is 0.607. The molecule has 0 bridgehead atoms. The minimum absolute atomic E-state index is 0.607. The Balaban J connectivity index is 1.88. The fourth-order valence-corrected chi connectivity index (χ4v) is 4.59. The Labute approximate surface area is 208 Å². The number of benzene rings is 3. The van der Waals surface area contributed by atoms with Crippen LogP contribution in [0.1, 0.15) is 11.1 Å². The maximum Gasteiger partial charge on any atom is 0.161 e. The van der Waals surface area contributed by atoms with E-state index in [9.17, 15) is 0 Å². The Morgan fingerprint density at radius 3 is 1.79 bits per heavy atom. The van der Waals surface area contributed by atoms with Crippen LogP contribution < -0.4 is 18.9 Å². The molecule has 7 heteroatoms. The average molecular weight is 523 g/mol. The molecule has 0 saturated carbocycles. The van der Waals surface area contributed by atoms with Gasteiger partial charge in [-0.15, -0.1) is 0 Å². The number of aryl methyl sites for hydroxylation is 1. The van der Waals surface area contributed by atoms with Crippen LogP contribution in [0.25, 0.3) is 22.5 Å². The molecule has 0 amide bonds. The molecule has 34 heavy (non-hydrogen) atoms. The van der Waals surface area contributed by atoms with Gasteiger partial charge in [-0.2, -0.15) is 5.10 Å². The van der Waals surface area contributed by atoms with Crippen LogP contribution in [0.2, 0.25) is 0 Å². The number of methoxy groups -OCH3 is 4. The number of aromatic nitrogens is 2. The lowest BCUT2D eigenvalue weighted by molar-refractivity contribution is 0.355. The largest absolute Gasteiger partial charge is 0.493 e. The van der Waals surface area contributed by atoms with Crippen LogP contribution in [0.3, 0.4) is 0 Å². The van der Waals surface area contributed by atoms with E-state index < -0.39 is 0 Å². The molecule has 1 heterocycles. The highest BCUT2D eigenvalue weighted by Gasteiger charge is 2.21. The van der Waals surface area contributed by atoms with Gasteiger partial charge in [0.15, 0.2) is 23.0 Å². The van der Waals surface area contributed by atoms with Gasteiger partial charge in [0.2, 0.25) is 0 Å². The molecule has 0 fully saturated rings. The fraction of sp³-hybridized carbons (Fsp3) is 0.222. The third-order valence-electron chi connectivity index (χ3n) is 5.66. The van der Waals surface area contributed by atoms with Crippen molar-refractivity contribution in [2.75, 3.05) is 28.4 Å². The molecule has 0 atom stereocenters. The second kappa shape index (κ2) is 10.2. The second-order valence-electron chi connectivity index (χ2n) is 7.79. The zero-order chi connectivity index (χ0) is 24.2. The highest BCUT2D eigenvalue weighted by molar-refractivity contribution is 9.10. The average Bonchev–Trinajstić information content (AvgIpc) is 3.19. The molecular weight excluding hydrogens is 496 g/mol. The van der Waals surface area contributed by atoms with Crippen molar-refractivity contribution in [3.63, 3.8) is 0 Å². The van der Waals surface area contributed by atoms with Gasteiger partial charge in [-0.3, -0.25) is 4.68 Å². The smallest absolute Gasteiger partial charge is 0.161 e. The van der Waals surface area contributed by atoms with Crippen molar-refractivity contribution in [3.8, 4) is 45.5 Å². The number of halogens is 1. The van der Waals surface area contributed by atoms with E-state index in [4.69, 9.17) is 24.0 Å². The second-order valence-corrected chi connectivity index (χ2v) is 8.59. The normalized spacial score (nSPS) is 10.8. The van der Waals surface area contributed by atoms with Crippen LogP contribution in [-0.4, -0.2) is 38.2 Å². The molecule has 0 aliphatic carbocycles. The number of ether oxygens (including phenoxy) is 4. The summed E-state index contributed by atoms with van der Waals surface area (Å²) in [6.45, 7) is 2.69. The van der Waals surface area contributed by atoms with E-state index >= 15 is 0 Å². The molecule has 3 aromatic carbocycles. The first kappa shape index (κ1) is 23.7. The SMILES string of the molecule is COc1ccc(-c2nn(Cc3ccc(C)cc3)c(-c3ccc(OC)c(OC)c3)c2Br)cc1OC. The molecule has 4 rings (SSSR count). The standard InChI is InChI=1S/C27H27BrN2O4/c1-17-6-8-18(9-7-17)16-30-27(20-11-13-22(32-3)24(15-20)34-5)25(28)26(29-30)19-10-12-21(31-2)23(14-19)33-4/h6-15H,16H2,1-5H3. The van der Waals surface area contributed by atoms with Crippen LogP contribution in [0.5, 0.6) is 23.0 Å². The zero-order valence-electron chi connectivity index (χ0n) is 19.9. The maximum atomic E-state index is 5.56. The molecule has 0 aliphatic rings. The Hall–Kier alpha value is -3.45. The van der Waals surface area contributed by atoms with Gasteiger partial charge >= 0.3 is 0 Å². The molecule has 0 aliphatic heterocycles. The third-order valence-corrected chi connectivity index (χ3v) is 6.41. The molecule has 6 nitrogen and oxygen atoms in total. The van der Waals surface area contributed by atoms with Gasteiger partial charge in [0.1, 0.15) is 5.69 Å². The number of rotatable bonds is 8. The topological polar surface area (TPSA) is 54.7 Å². The summed E-state index contributed by atoms with van der Waals surface area (Å²) < 4.78 is 24.8. The van der Waals surface area contributed by atoms with Gasteiger partial charge < -0.3 is 18.9 Å². The predicted octanol–water partition coefficient (Wildman–Crippen LogP) is 6.37. The molecule has 1 aromatic heterocycles. The van der Waals surface area contributed by atoms with Gasteiger partial charge in [0.05, 0.1) is 45.2 Å². The molecule has 0 spiro atoms. The van der Waals surface area contributed by atoms with E-state index in [0.29, 0.717) is 29.5 Å². The van der Waals surface area contributed by atoms with Gasteiger partial charge in [-0.25, -0.2) is 0 Å². The van der Waals surface area contributed by atoms with Crippen molar-refractivity contribution in [3.05, 3.63) is 76.3 Å². The van der Waals surface area contributed by atoms with E-state index in [1.807, 2.05) is 41.1 Å². The molecule has 0 radical (unpaired) electrons. The maximum absolute atomic E-state index is 5.56. The predicted molar refractivity (Wildman–Crippen MR) is 137 cm³/mol. The zero-order valence-corrected chi connectivity index (χ0v) is 21.5.